The summed E-state index contributed by atoms with van der Waals surface area (Å²) in [7, 11) is 0. The molecule has 1 amide bonds. The van der Waals surface area contributed by atoms with Crippen molar-refractivity contribution in [2.45, 2.75) is 63.9 Å². The standard InChI is InChI=1S/C22H30N4O5/c27-20-18(19(21(20)28)25-16-10-13-23-14-11-16)24-12-6-3-7-15-30-22(29)26-31-17-8-4-1-2-5-9-17/h10-11,13-14,17,24H,1-9,12,15H2,(H,23,25)(H,26,29). The minimum absolute atomic E-state index is 0.0782. The Morgan fingerprint density at radius 2 is 1.68 bits per heavy atom. The van der Waals surface area contributed by atoms with Crippen LogP contribution in [-0.4, -0.2) is 30.3 Å². The number of ether oxygens (including phenoxy) is 1. The van der Waals surface area contributed by atoms with Crippen LogP contribution in [-0.2, 0) is 9.57 Å². The Bertz CT molecular complexity index is 887. The first-order chi connectivity index (χ1) is 15.1. The highest BCUT2D eigenvalue weighted by atomic mass is 16.7. The first-order valence-electron chi connectivity index (χ1n) is 11.0. The van der Waals surface area contributed by atoms with Crippen LogP contribution < -0.4 is 27.0 Å². The van der Waals surface area contributed by atoms with E-state index in [9.17, 15) is 14.4 Å². The maximum absolute atomic E-state index is 11.8. The third kappa shape index (κ3) is 7.06. The van der Waals surface area contributed by atoms with Crippen molar-refractivity contribution in [2.24, 2.45) is 0 Å². The van der Waals surface area contributed by atoms with Crippen molar-refractivity contribution in [2.75, 3.05) is 23.8 Å². The zero-order valence-electron chi connectivity index (χ0n) is 17.7. The number of hydrogen-bond donors (Lipinski definition) is 3. The van der Waals surface area contributed by atoms with Crippen LogP contribution in [0.5, 0.6) is 0 Å². The molecule has 1 aliphatic rings. The predicted molar refractivity (Wildman–Crippen MR) is 118 cm³/mol. The summed E-state index contributed by atoms with van der Waals surface area (Å²) in [6, 6.07) is 3.44. The van der Waals surface area contributed by atoms with Crippen molar-refractivity contribution < 1.29 is 14.4 Å². The number of nitrogens with one attached hydrogen (secondary N) is 3. The average molecular weight is 431 g/mol. The number of rotatable bonds is 11. The third-order valence-electron chi connectivity index (χ3n) is 5.33. The number of hydrogen-bond acceptors (Lipinski definition) is 8. The van der Waals surface area contributed by atoms with Gasteiger partial charge in [-0.05, 0) is 44.2 Å². The highest BCUT2D eigenvalue weighted by molar-refractivity contribution is 5.78. The summed E-state index contributed by atoms with van der Waals surface area (Å²) >= 11 is 0. The van der Waals surface area contributed by atoms with Gasteiger partial charge < -0.3 is 15.4 Å². The Balaban J connectivity index is 1.26. The summed E-state index contributed by atoms with van der Waals surface area (Å²) in [4.78, 5) is 44.6. The van der Waals surface area contributed by atoms with Gasteiger partial charge in [0.25, 0.3) is 10.9 Å². The Labute approximate surface area is 181 Å². The number of carbonyl (C=O) groups excluding carboxylic acids is 1. The van der Waals surface area contributed by atoms with Crippen molar-refractivity contribution in [3.05, 3.63) is 45.0 Å². The van der Waals surface area contributed by atoms with Crippen LogP contribution in [0.3, 0.4) is 0 Å². The van der Waals surface area contributed by atoms with Crippen molar-refractivity contribution in [3.8, 4) is 0 Å². The molecule has 1 fully saturated rings. The van der Waals surface area contributed by atoms with E-state index in [0.717, 1.165) is 38.5 Å². The lowest BCUT2D eigenvalue weighted by Gasteiger charge is -2.15. The number of amides is 1. The quantitative estimate of drug-likeness (QED) is 0.215. The van der Waals surface area contributed by atoms with E-state index in [4.69, 9.17) is 9.57 Å². The molecule has 1 aromatic carbocycles. The fourth-order valence-electron chi connectivity index (χ4n) is 3.56. The first kappa shape index (κ1) is 22.7. The minimum Gasteiger partial charge on any atom is -0.448 e. The van der Waals surface area contributed by atoms with E-state index in [1.807, 2.05) is 0 Å². The van der Waals surface area contributed by atoms with Gasteiger partial charge in [0.2, 0.25) is 0 Å². The highest BCUT2D eigenvalue weighted by Crippen LogP contribution is 2.20. The van der Waals surface area contributed by atoms with E-state index >= 15 is 0 Å². The van der Waals surface area contributed by atoms with Gasteiger partial charge in [0.1, 0.15) is 11.4 Å². The SMILES string of the molecule is O=C(NOC1CCCCCC1)OCCCCCNc1c(Nc2ccncc2)c(=O)c1=O. The maximum Gasteiger partial charge on any atom is 0.431 e. The summed E-state index contributed by atoms with van der Waals surface area (Å²) in [6.45, 7) is 0.849. The zero-order valence-corrected chi connectivity index (χ0v) is 17.7. The number of anilines is 3. The van der Waals surface area contributed by atoms with Crippen molar-refractivity contribution in [1.29, 1.82) is 0 Å². The predicted octanol–water partition coefficient (Wildman–Crippen LogP) is 3.38. The molecule has 1 aromatic heterocycles. The fourth-order valence-corrected chi connectivity index (χ4v) is 3.56. The van der Waals surface area contributed by atoms with Gasteiger partial charge in [0, 0.05) is 24.6 Å². The summed E-state index contributed by atoms with van der Waals surface area (Å²) < 4.78 is 5.12. The highest BCUT2D eigenvalue weighted by Gasteiger charge is 2.20. The van der Waals surface area contributed by atoms with Gasteiger partial charge >= 0.3 is 6.09 Å². The van der Waals surface area contributed by atoms with Crippen LogP contribution in [0.15, 0.2) is 34.1 Å². The van der Waals surface area contributed by atoms with Crippen LogP contribution in [0.25, 0.3) is 0 Å². The molecule has 1 saturated carbocycles. The molecular formula is C22H30N4O5. The molecule has 0 aliphatic heterocycles. The Hall–Kier alpha value is -2.94. The first-order valence-corrected chi connectivity index (χ1v) is 11.0. The minimum atomic E-state index is -0.557. The van der Waals surface area contributed by atoms with Gasteiger partial charge in [-0.15, -0.1) is 0 Å². The number of hydroxylamine groups is 1. The second-order valence-corrected chi connectivity index (χ2v) is 7.73. The number of aromatic nitrogens is 1. The monoisotopic (exact) mass is 430 g/mol. The lowest BCUT2D eigenvalue weighted by atomic mass is 10.1. The van der Waals surface area contributed by atoms with Crippen LogP contribution in [0.2, 0.25) is 0 Å². The molecule has 168 valence electrons. The zero-order chi connectivity index (χ0) is 21.9. The van der Waals surface area contributed by atoms with E-state index in [0.29, 0.717) is 30.9 Å². The molecule has 3 N–H and O–H groups in total. The molecule has 0 unspecified atom stereocenters. The molecule has 9 heteroatoms. The number of carbonyl (C=O) groups is 1. The van der Waals surface area contributed by atoms with Crippen molar-refractivity contribution in [3.63, 3.8) is 0 Å². The Morgan fingerprint density at radius 1 is 0.968 bits per heavy atom. The topological polar surface area (TPSA) is 119 Å². The van der Waals surface area contributed by atoms with E-state index in [1.54, 1.807) is 24.5 Å². The molecule has 0 bridgehead atoms. The molecule has 3 rings (SSSR count). The van der Waals surface area contributed by atoms with Gasteiger partial charge in [0.15, 0.2) is 0 Å². The van der Waals surface area contributed by atoms with E-state index in [1.165, 1.54) is 12.8 Å². The molecule has 31 heavy (non-hydrogen) atoms. The summed E-state index contributed by atoms with van der Waals surface area (Å²) in [5.41, 5.74) is 2.65. The molecule has 0 radical (unpaired) electrons. The van der Waals surface area contributed by atoms with Crippen LogP contribution in [0.1, 0.15) is 57.8 Å². The smallest absolute Gasteiger partial charge is 0.431 e. The van der Waals surface area contributed by atoms with Gasteiger partial charge in [-0.2, -0.15) is 5.48 Å². The van der Waals surface area contributed by atoms with E-state index in [2.05, 4.69) is 21.1 Å². The normalized spacial score (nSPS) is 14.7. The van der Waals surface area contributed by atoms with Gasteiger partial charge in [0.05, 0.1) is 12.7 Å². The summed E-state index contributed by atoms with van der Waals surface area (Å²) in [6.07, 6.45) is 11.7. The Kier molecular flexibility index (Phi) is 8.84. The lowest BCUT2D eigenvalue weighted by molar-refractivity contribution is -0.0297. The third-order valence-corrected chi connectivity index (χ3v) is 5.33. The largest absolute Gasteiger partial charge is 0.448 e. The lowest BCUT2D eigenvalue weighted by Crippen LogP contribution is -2.36. The van der Waals surface area contributed by atoms with E-state index < -0.39 is 17.0 Å². The number of nitrogens with zero attached hydrogens (tertiary/aromatic N) is 1. The molecule has 0 saturated heterocycles. The maximum atomic E-state index is 11.8. The molecule has 1 aliphatic carbocycles. The van der Waals surface area contributed by atoms with Crippen LogP contribution >= 0.6 is 0 Å². The van der Waals surface area contributed by atoms with Gasteiger partial charge in [-0.1, -0.05) is 25.7 Å². The summed E-state index contributed by atoms with van der Waals surface area (Å²) in [5, 5.41) is 5.97. The van der Waals surface area contributed by atoms with E-state index in [-0.39, 0.29) is 11.8 Å². The van der Waals surface area contributed by atoms with Crippen LogP contribution in [0, 0.1) is 0 Å². The molecule has 0 spiro atoms. The second-order valence-electron chi connectivity index (χ2n) is 7.73. The molecule has 9 nitrogen and oxygen atoms in total. The Morgan fingerprint density at radius 3 is 2.42 bits per heavy atom. The van der Waals surface area contributed by atoms with Gasteiger partial charge in [-0.3, -0.25) is 19.4 Å². The number of unbranched alkanes of at least 4 members (excludes halogenated alkanes) is 2. The van der Waals surface area contributed by atoms with Crippen molar-refractivity contribution >= 4 is 23.2 Å². The fraction of sp³-hybridized carbons (Fsp3) is 0.545. The summed E-state index contributed by atoms with van der Waals surface area (Å²) in [5.74, 6) is 0. The average Bonchev–Trinajstić information content (AvgIpc) is 3.07. The molecular weight excluding hydrogens is 400 g/mol. The van der Waals surface area contributed by atoms with Crippen LogP contribution in [0.4, 0.5) is 21.9 Å². The second kappa shape index (κ2) is 12.0. The van der Waals surface area contributed by atoms with Crippen molar-refractivity contribution in [1.82, 2.24) is 10.5 Å². The number of pyridine rings is 1. The van der Waals surface area contributed by atoms with Gasteiger partial charge in [-0.25, -0.2) is 4.79 Å². The molecule has 0 atom stereocenters. The molecule has 1 heterocycles. The molecule has 2 aromatic rings.